The van der Waals surface area contributed by atoms with Gasteiger partial charge in [-0.1, -0.05) is 297 Å². The Morgan fingerprint density at radius 3 is 0.741 bits per heavy atom. The van der Waals surface area contributed by atoms with E-state index in [1.54, 1.807) is 121 Å². The number of phenolic OH excluding ortho intramolecular Hbond substituents is 1. The molecule has 1 aromatic rings. The molecule has 0 saturated carbocycles. The molecular weight excluding hydrogens is 1900 g/mol. The smallest absolute Gasteiger partial charge is 0.223 e. The predicted molar refractivity (Wildman–Crippen MR) is 605 cm³/mol. The quantitative estimate of drug-likeness (QED) is 0.0222. The van der Waals surface area contributed by atoms with Crippen LogP contribution in [0.15, 0.2) is 24.3 Å². The van der Waals surface area contributed by atoms with Gasteiger partial charge in [-0.2, -0.15) is 0 Å². The Labute approximate surface area is 899 Å². The summed E-state index contributed by atoms with van der Waals surface area (Å²) in [7, 11) is 4.01. The van der Waals surface area contributed by atoms with Crippen LogP contribution in [0.4, 0.5) is 0 Å². The Kier molecular flexibility index (Phi) is 99.2. The topological polar surface area (TPSA) is 446 Å². The molecule has 0 radical (unpaired) electrons. The number of carbonyl (C=O) groups excluding carboxylic acids is 20. The largest absolute Gasteiger partial charge is 0.508 e. The summed E-state index contributed by atoms with van der Waals surface area (Å²) in [4.78, 5) is 230. The van der Waals surface area contributed by atoms with Crippen LogP contribution >= 0.6 is 21.6 Å². The number of hydrogen-bond acceptors (Lipinski definition) is 27. The predicted octanol–water partition coefficient (Wildman–Crippen LogP) is 21.2. The molecule has 1 rings (SSSR count). The van der Waals surface area contributed by atoms with Crippen LogP contribution in [0.3, 0.4) is 0 Å². The lowest BCUT2D eigenvalue weighted by molar-refractivity contribution is -0.133. The molecule has 0 aliphatic heterocycles. The Morgan fingerprint density at radius 1 is 0.245 bits per heavy atom. The van der Waals surface area contributed by atoms with E-state index in [-0.39, 0.29) is 264 Å². The van der Waals surface area contributed by atoms with E-state index in [0.717, 1.165) is 75.7 Å². The van der Waals surface area contributed by atoms with Crippen molar-refractivity contribution in [2.24, 2.45) is 88.8 Å². The first-order valence-electron chi connectivity index (χ1n) is 54.7. The summed E-state index contributed by atoms with van der Waals surface area (Å²) in [6.07, 6.45) is 10.1. The molecule has 2 unspecified atom stereocenters. The van der Waals surface area contributed by atoms with Crippen molar-refractivity contribution in [3.63, 3.8) is 0 Å². The molecule has 0 aliphatic rings. The molecule has 0 bridgehead atoms. The average molecular weight is 2120 g/mol. The van der Waals surface area contributed by atoms with Crippen molar-refractivity contribution in [3.8, 4) is 5.75 Å². The SMILES string of the molecule is CC(C)C(=O)CC(NC(=O)C(C)C)C(=O)C(C)C.CC(C)C(=O)CCC(=O)C(Cc1ccc(O)cc1)NC(=O)C(C)C.CC(C)C(=O)CCC(=O)CCC(=O)C(C)C.CC(C)C(=O)CCC(=O)CCC(=O)C(C)C.CC(C)C(=O)CCC(=O)CCC(=O)NCC(=O)C(C)C.CC(C)CSSCC(C)C.CC(C)NCCC(=O)C(C)C.CC(C)NCCCC(=O)CCC(=O)C(C)C.CC(C)NCCCC(=O)CCCNC(C)C. The van der Waals surface area contributed by atoms with Crippen molar-refractivity contribution in [1.29, 1.82) is 0 Å². The summed E-state index contributed by atoms with van der Waals surface area (Å²) in [6.45, 7) is 76.7. The van der Waals surface area contributed by atoms with Gasteiger partial charge in [0.2, 0.25) is 17.7 Å². The highest BCUT2D eigenvalue weighted by Crippen LogP contribution is 2.26. The van der Waals surface area contributed by atoms with Gasteiger partial charge in [0.25, 0.3) is 0 Å². The molecule has 147 heavy (non-hydrogen) atoms. The zero-order valence-corrected chi connectivity index (χ0v) is 101. The van der Waals surface area contributed by atoms with Crippen LogP contribution in [0.25, 0.3) is 0 Å². The van der Waals surface area contributed by atoms with Gasteiger partial charge in [0.15, 0.2) is 17.3 Å². The molecule has 30 heteroatoms. The minimum atomic E-state index is -0.685. The van der Waals surface area contributed by atoms with Crippen molar-refractivity contribution in [3.05, 3.63) is 29.8 Å². The highest BCUT2D eigenvalue weighted by Gasteiger charge is 2.29. The second-order valence-electron chi connectivity index (χ2n) is 44.1. The molecule has 8 N–H and O–H groups in total. The number of Topliss-reactive ketones (excluding diaryl/α,β-unsaturated/α-hetero) is 17. The summed E-state index contributed by atoms with van der Waals surface area (Å²) in [5, 5.41) is 30.4. The van der Waals surface area contributed by atoms with Gasteiger partial charge >= 0.3 is 0 Å². The van der Waals surface area contributed by atoms with E-state index in [2.05, 4.69) is 120 Å². The van der Waals surface area contributed by atoms with Crippen molar-refractivity contribution < 1.29 is 101 Å². The average Bonchev–Trinajstić information content (AvgIpc) is 0.875. The summed E-state index contributed by atoms with van der Waals surface area (Å²) < 4.78 is 0. The van der Waals surface area contributed by atoms with Gasteiger partial charge in [-0.15, -0.1) is 0 Å². The van der Waals surface area contributed by atoms with Gasteiger partial charge in [-0.05, 0) is 74.8 Å². The summed E-state index contributed by atoms with van der Waals surface area (Å²) in [6, 6.07) is 7.17. The molecule has 0 fully saturated rings. The maximum absolute atomic E-state index is 12.5. The first-order chi connectivity index (χ1) is 67.9. The van der Waals surface area contributed by atoms with E-state index < -0.39 is 12.1 Å². The lowest BCUT2D eigenvalue weighted by Crippen LogP contribution is -2.45. The zero-order chi connectivity index (χ0) is 116. The normalized spacial score (nSPS) is 11.5. The molecule has 0 spiro atoms. The molecule has 0 aliphatic carbocycles. The number of nitrogens with one attached hydrogen (secondary N) is 7. The van der Waals surface area contributed by atoms with Crippen molar-refractivity contribution >= 4 is 138 Å². The summed E-state index contributed by atoms with van der Waals surface area (Å²) in [5.74, 6) is 4.29. The van der Waals surface area contributed by atoms with Crippen molar-refractivity contribution in [2.75, 3.05) is 44.2 Å². The van der Waals surface area contributed by atoms with Crippen LogP contribution in [-0.4, -0.2) is 202 Å². The van der Waals surface area contributed by atoms with Crippen molar-refractivity contribution in [2.45, 2.75) is 460 Å². The maximum atomic E-state index is 12.5. The monoisotopic (exact) mass is 2110 g/mol. The van der Waals surface area contributed by atoms with E-state index in [9.17, 15) is 101 Å². The molecule has 3 amide bonds. The Hall–Kier alpha value is -7.64. The molecule has 2 atom stereocenters. The number of benzene rings is 1. The van der Waals surface area contributed by atoms with Crippen LogP contribution in [0, 0.1) is 88.8 Å². The van der Waals surface area contributed by atoms with Gasteiger partial charge in [-0.3, -0.25) is 95.9 Å². The van der Waals surface area contributed by atoms with Gasteiger partial charge in [0.05, 0.1) is 18.6 Å². The van der Waals surface area contributed by atoms with Gasteiger partial charge in [0, 0.05) is 254 Å². The van der Waals surface area contributed by atoms with Crippen LogP contribution in [-0.2, 0) is 102 Å². The number of ketones is 17. The number of rotatable bonds is 71. The molecule has 852 valence electrons. The third-order valence-electron chi connectivity index (χ3n) is 22.2. The molecule has 0 aromatic heterocycles. The third-order valence-corrected chi connectivity index (χ3v) is 25.3. The standard InChI is InChI=1S/C19H27NO4.C15H25NO4.C14H25NO3.C13H28N2O.C13H25NO2.2C13H22O3.C9H19NO.C8H18S2/c1-12(2)17(22)9-10-18(23)16(20-19(24)13(3)4)11-14-5-7-15(21)8-6-14;1-10(2)13(18)7-5-12(17)6-8-15(20)16-9-14(19)11(3)4;1-8(2)12(16)7-11(13(17)9(3)4)15-14(18)10(5)6;1-11(2)14-9-5-7-13(16)8-6-10-15-12(3)4;1-10(2)13(16)8-7-12(15)6-5-9-14-11(3)4;2*1-9(2)12(15)7-5-11(14)6-8-13(16)10(3)4;1-7(2)9(11)5-6-10-8(3)4;1-7(2)5-9-10-6-8(3)4/h5-8,12-13,16,21H,9-11H2,1-4H3,(H,20,24);10-11H,5-9H2,1-4H3,(H,16,20);8-11H,7H2,1-6H3,(H,15,18);11-12,14-15H,5-10H2,1-4H3;10-11,14H,5-9H2,1-4H3;2*9-10H,5-8H2,1-4H3;7-8,10H,5-6H2,1-4H3;7-8H,5-6H2,1-4H3. The van der Waals surface area contributed by atoms with E-state index in [0.29, 0.717) is 93.5 Å². The fourth-order valence-electron chi connectivity index (χ4n) is 11.4. The Morgan fingerprint density at radius 2 is 0.483 bits per heavy atom. The molecular formula is C117H211N7O21S2. The van der Waals surface area contributed by atoms with Gasteiger partial charge < -0.3 is 42.3 Å². The second-order valence-corrected chi connectivity index (χ2v) is 46.6. The van der Waals surface area contributed by atoms with Gasteiger partial charge in [0.1, 0.15) is 86.7 Å². The third kappa shape index (κ3) is 104. The van der Waals surface area contributed by atoms with E-state index in [1.165, 1.54) is 11.5 Å². The van der Waals surface area contributed by atoms with Crippen LogP contribution < -0.4 is 37.2 Å². The maximum Gasteiger partial charge on any atom is 0.223 e. The van der Waals surface area contributed by atoms with E-state index >= 15 is 0 Å². The van der Waals surface area contributed by atoms with Crippen LogP contribution in [0.2, 0.25) is 0 Å². The fraction of sp³-hybridized carbons (Fsp3) is 0.778. The molecule has 28 nitrogen and oxygen atoms in total. The number of phenols is 1. The van der Waals surface area contributed by atoms with Gasteiger partial charge in [-0.25, -0.2) is 0 Å². The lowest BCUT2D eigenvalue weighted by Gasteiger charge is -2.21. The van der Waals surface area contributed by atoms with Crippen LogP contribution in [0.5, 0.6) is 5.75 Å². The highest BCUT2D eigenvalue weighted by molar-refractivity contribution is 8.76. The lowest BCUT2D eigenvalue weighted by atomic mass is 9.93. The highest BCUT2D eigenvalue weighted by atomic mass is 33.1. The summed E-state index contributed by atoms with van der Waals surface area (Å²) >= 11 is 0. The second kappa shape index (κ2) is 94.3. The molecule has 0 saturated heterocycles. The fourth-order valence-corrected chi connectivity index (χ4v) is 14.3. The number of aromatic hydroxyl groups is 1. The summed E-state index contributed by atoms with van der Waals surface area (Å²) in [5.41, 5.74) is 0.838. The number of carbonyl (C=O) groups is 20. The first kappa shape index (κ1) is 155. The zero-order valence-electron chi connectivity index (χ0n) is 99.0. The Balaban J connectivity index is -0.000000249. The number of amides is 3. The minimum Gasteiger partial charge on any atom is -0.508 e. The van der Waals surface area contributed by atoms with Crippen molar-refractivity contribution in [1.82, 2.24) is 37.2 Å². The van der Waals surface area contributed by atoms with Crippen LogP contribution in [0.1, 0.15) is 423 Å². The first-order valence-corrected chi connectivity index (χ1v) is 57.1. The van der Waals surface area contributed by atoms with E-state index in [4.69, 9.17) is 0 Å². The van der Waals surface area contributed by atoms with E-state index in [1.807, 2.05) is 105 Å². The minimum absolute atomic E-state index is 0.00180. The molecule has 0 heterocycles. The Bertz CT molecular complexity index is 3700. The number of hydrogen-bond donors (Lipinski definition) is 8. The molecule has 1 aromatic carbocycles.